The van der Waals surface area contributed by atoms with E-state index in [1.807, 2.05) is 36.4 Å². The highest BCUT2D eigenvalue weighted by Gasteiger charge is 2.36. The molecule has 2 aliphatic heterocycles. The Kier molecular flexibility index (Phi) is 14.7. The predicted octanol–water partition coefficient (Wildman–Crippen LogP) is 7.66. The maximum atomic E-state index is 14.8. The Morgan fingerprint density at radius 3 is 1.47 bits per heavy atom. The Morgan fingerprint density at radius 1 is 0.683 bits per heavy atom. The molecule has 12 nitrogen and oxygen atoms in total. The molecule has 0 unspecified atom stereocenters. The van der Waals surface area contributed by atoms with E-state index in [1.54, 1.807) is 36.4 Å². The fourth-order valence-corrected chi connectivity index (χ4v) is 7.06. The summed E-state index contributed by atoms with van der Waals surface area (Å²) in [6.07, 6.45) is 0.206. The highest BCUT2D eigenvalue weighted by molar-refractivity contribution is 5.91. The van der Waals surface area contributed by atoms with Crippen molar-refractivity contribution in [2.75, 3.05) is 36.0 Å². The highest BCUT2D eigenvalue weighted by Crippen LogP contribution is 2.34. The third kappa shape index (κ3) is 12.8. The number of primary amides is 1. The zero-order valence-electron chi connectivity index (χ0n) is 35.1. The Balaban J connectivity index is 0.000000228. The molecule has 4 aromatic carbocycles. The molecule has 2 aliphatic rings. The zero-order valence-corrected chi connectivity index (χ0v) is 35.1. The first-order valence-electron chi connectivity index (χ1n) is 20.0. The SMILES string of the molecule is CC(C)(C)C[C@@H]1CN(c2ccc(-c3ccc(CNC(=O)CN)cc3)c(F)c2)C(=O)O1.CC(C)(C)C[C@@H]1CN(c2ccc(-c3ccc(CNCC(N)=O)cc3)c(F)c2)C(=O)O1. The first-order chi connectivity index (χ1) is 28.3. The summed E-state index contributed by atoms with van der Waals surface area (Å²) in [4.78, 5) is 49.5. The first kappa shape index (κ1) is 45.2. The van der Waals surface area contributed by atoms with E-state index in [4.69, 9.17) is 20.9 Å². The van der Waals surface area contributed by atoms with Crippen LogP contribution in [0.15, 0.2) is 84.9 Å². The number of carbonyl (C=O) groups is 4. The van der Waals surface area contributed by atoms with Crippen LogP contribution in [0.3, 0.4) is 0 Å². The summed E-state index contributed by atoms with van der Waals surface area (Å²) in [7, 11) is 0. The molecule has 4 amide bonds. The molecule has 2 saturated heterocycles. The summed E-state index contributed by atoms with van der Waals surface area (Å²) >= 11 is 0. The van der Waals surface area contributed by atoms with E-state index in [1.165, 1.54) is 21.9 Å². The Bertz CT molecular complexity index is 2150. The molecule has 320 valence electrons. The van der Waals surface area contributed by atoms with Crippen molar-refractivity contribution in [2.24, 2.45) is 22.3 Å². The van der Waals surface area contributed by atoms with Gasteiger partial charge in [0.15, 0.2) is 0 Å². The minimum absolute atomic E-state index is 0.0371. The van der Waals surface area contributed by atoms with Crippen LogP contribution in [-0.2, 0) is 32.2 Å². The number of benzene rings is 4. The van der Waals surface area contributed by atoms with Crippen molar-refractivity contribution in [1.29, 1.82) is 0 Å². The predicted molar refractivity (Wildman–Crippen MR) is 229 cm³/mol. The van der Waals surface area contributed by atoms with Crippen LogP contribution in [0.25, 0.3) is 22.3 Å². The molecule has 6 rings (SSSR count). The van der Waals surface area contributed by atoms with Gasteiger partial charge < -0.3 is 31.6 Å². The van der Waals surface area contributed by atoms with Crippen molar-refractivity contribution in [3.05, 3.63) is 108 Å². The van der Waals surface area contributed by atoms with Gasteiger partial charge in [-0.15, -0.1) is 0 Å². The standard InChI is InChI=1S/2C23H28FN3O3/c1-23(2,3)11-18-14-27(22(29)30-18)17-8-9-19(20(24)10-17)16-6-4-15(5-7-16)13-26-21(28)12-25;1-23(2,3)11-18-14-27(22(29)30-18)17-8-9-19(20(24)10-17)16-6-4-15(5-7-16)12-26-13-21(25)28/h4-10,18H,11-14,25H2,1-3H3,(H,26,28);4-10,18,26H,11-14H2,1-3H3,(H2,25,28)/t2*18-/m11/s1. The van der Waals surface area contributed by atoms with Gasteiger partial charge in [0.2, 0.25) is 11.8 Å². The summed E-state index contributed by atoms with van der Waals surface area (Å²) < 4.78 is 40.6. The van der Waals surface area contributed by atoms with Gasteiger partial charge in [-0.2, -0.15) is 0 Å². The van der Waals surface area contributed by atoms with Crippen molar-refractivity contribution in [3.8, 4) is 22.3 Å². The average Bonchev–Trinajstić information content (AvgIpc) is 3.72. The molecule has 0 saturated carbocycles. The second-order valence-electron chi connectivity index (χ2n) is 17.5. The second kappa shape index (κ2) is 19.5. The lowest BCUT2D eigenvalue weighted by atomic mass is 9.89. The molecule has 0 radical (unpaired) electrons. The van der Waals surface area contributed by atoms with Crippen LogP contribution in [-0.4, -0.2) is 62.4 Å². The average molecular weight is 827 g/mol. The Labute approximate surface area is 350 Å². The van der Waals surface area contributed by atoms with E-state index in [2.05, 4.69) is 52.2 Å². The monoisotopic (exact) mass is 826 g/mol. The number of ether oxygens (including phenoxy) is 2. The van der Waals surface area contributed by atoms with Gasteiger partial charge in [0.05, 0.1) is 37.6 Å². The maximum Gasteiger partial charge on any atom is 0.414 e. The van der Waals surface area contributed by atoms with Crippen LogP contribution in [0.4, 0.5) is 29.7 Å². The molecule has 0 aliphatic carbocycles. The number of nitrogens with one attached hydrogen (secondary N) is 2. The Morgan fingerprint density at radius 2 is 1.10 bits per heavy atom. The number of rotatable bonds is 13. The minimum atomic E-state index is -0.444. The van der Waals surface area contributed by atoms with Gasteiger partial charge in [-0.3, -0.25) is 19.4 Å². The van der Waals surface area contributed by atoms with Crippen LogP contribution in [0.5, 0.6) is 0 Å². The fourth-order valence-electron chi connectivity index (χ4n) is 7.06. The molecule has 60 heavy (non-hydrogen) atoms. The topological polar surface area (TPSA) is 169 Å². The molecule has 2 heterocycles. The molecule has 4 aromatic rings. The fraction of sp³-hybridized carbons (Fsp3) is 0.391. The van der Waals surface area contributed by atoms with Crippen molar-refractivity contribution < 1.29 is 37.4 Å². The number of halogens is 2. The van der Waals surface area contributed by atoms with Gasteiger partial charge >= 0.3 is 12.2 Å². The molecule has 2 fully saturated rings. The van der Waals surface area contributed by atoms with Gasteiger partial charge in [-0.25, -0.2) is 18.4 Å². The number of nitrogens with two attached hydrogens (primary N) is 2. The third-order valence-electron chi connectivity index (χ3n) is 9.79. The third-order valence-corrected chi connectivity index (χ3v) is 9.79. The quantitative estimate of drug-likeness (QED) is 0.107. The molecular formula is C46H56F2N6O6. The van der Waals surface area contributed by atoms with E-state index >= 15 is 0 Å². The molecule has 2 atom stereocenters. The normalized spacial score (nSPS) is 16.6. The minimum Gasteiger partial charge on any atom is -0.444 e. The van der Waals surface area contributed by atoms with Crippen LogP contribution >= 0.6 is 0 Å². The number of hydrogen-bond acceptors (Lipinski definition) is 8. The lowest BCUT2D eigenvalue weighted by Crippen LogP contribution is -2.29. The van der Waals surface area contributed by atoms with Crippen molar-refractivity contribution >= 4 is 35.4 Å². The molecule has 0 spiro atoms. The number of cyclic esters (lactones) is 2. The van der Waals surface area contributed by atoms with Gasteiger partial charge in [-0.1, -0.05) is 90.1 Å². The van der Waals surface area contributed by atoms with Crippen LogP contribution in [0, 0.1) is 22.5 Å². The summed E-state index contributed by atoms with van der Waals surface area (Å²) in [6, 6.07) is 24.2. The van der Waals surface area contributed by atoms with Gasteiger partial charge in [0, 0.05) is 24.2 Å². The van der Waals surface area contributed by atoms with Crippen molar-refractivity contribution in [2.45, 2.75) is 79.7 Å². The summed E-state index contributed by atoms with van der Waals surface area (Å²) in [5.41, 5.74) is 15.6. The number of amides is 4. The van der Waals surface area contributed by atoms with E-state index in [-0.39, 0.29) is 42.0 Å². The van der Waals surface area contributed by atoms with Crippen LogP contribution in [0.1, 0.15) is 65.5 Å². The molecule has 0 aromatic heterocycles. The lowest BCUT2D eigenvalue weighted by Gasteiger charge is -2.21. The number of nitrogens with zero attached hydrogens (tertiary/aromatic N) is 2. The summed E-state index contributed by atoms with van der Waals surface area (Å²) in [6.45, 7) is 14.3. The second-order valence-corrected chi connectivity index (χ2v) is 17.5. The zero-order chi connectivity index (χ0) is 43.8. The smallest absolute Gasteiger partial charge is 0.414 e. The van der Waals surface area contributed by atoms with Gasteiger partial charge in [0.25, 0.3) is 0 Å². The largest absolute Gasteiger partial charge is 0.444 e. The molecule has 6 N–H and O–H groups in total. The molecular weight excluding hydrogens is 771 g/mol. The summed E-state index contributed by atoms with van der Waals surface area (Å²) in [5, 5.41) is 5.63. The van der Waals surface area contributed by atoms with Crippen LogP contribution < -0.4 is 31.9 Å². The maximum absolute atomic E-state index is 14.8. The van der Waals surface area contributed by atoms with Gasteiger partial charge in [-0.05, 0) is 82.3 Å². The number of carbonyl (C=O) groups excluding carboxylic acids is 4. The van der Waals surface area contributed by atoms with Crippen LogP contribution in [0.2, 0.25) is 0 Å². The molecule has 0 bridgehead atoms. The highest BCUT2D eigenvalue weighted by atomic mass is 19.1. The van der Waals surface area contributed by atoms with Gasteiger partial charge in [0.1, 0.15) is 23.8 Å². The summed E-state index contributed by atoms with van der Waals surface area (Å²) in [5.74, 6) is -1.46. The number of anilines is 2. The van der Waals surface area contributed by atoms with E-state index in [0.717, 1.165) is 29.5 Å². The first-order valence-corrected chi connectivity index (χ1v) is 20.0. The van der Waals surface area contributed by atoms with E-state index in [0.29, 0.717) is 54.2 Å². The van der Waals surface area contributed by atoms with Crippen molar-refractivity contribution in [3.63, 3.8) is 0 Å². The van der Waals surface area contributed by atoms with E-state index in [9.17, 15) is 28.0 Å². The molecule has 14 heteroatoms. The van der Waals surface area contributed by atoms with Crippen molar-refractivity contribution in [1.82, 2.24) is 10.6 Å². The van der Waals surface area contributed by atoms with E-state index < -0.39 is 29.7 Å². The number of hydrogen-bond donors (Lipinski definition) is 4. The lowest BCUT2D eigenvalue weighted by molar-refractivity contribution is -0.120. The Hall–Kier alpha value is -5.86.